The Balaban J connectivity index is 1.85. The van der Waals surface area contributed by atoms with Crippen LogP contribution in [0.3, 0.4) is 0 Å². The number of anilines is 1. The van der Waals surface area contributed by atoms with Crippen LogP contribution in [0.15, 0.2) is 58.3 Å². The number of para-hydroxylation sites is 1. The van der Waals surface area contributed by atoms with Crippen molar-refractivity contribution < 1.29 is 4.74 Å². The fourth-order valence-corrected chi connectivity index (χ4v) is 3.87. The van der Waals surface area contributed by atoms with Crippen LogP contribution < -0.4 is 15.0 Å². The highest BCUT2D eigenvalue weighted by atomic mass is 32.2. The molecular weight excluding hydrogens is 304 g/mol. The van der Waals surface area contributed by atoms with E-state index in [-0.39, 0.29) is 0 Å². The van der Waals surface area contributed by atoms with Gasteiger partial charge in [0.25, 0.3) is 0 Å². The number of methoxy groups -OCH3 is 1. The van der Waals surface area contributed by atoms with E-state index in [4.69, 9.17) is 4.74 Å². The molecule has 1 saturated heterocycles. The zero-order valence-electron chi connectivity index (χ0n) is 14.0. The summed E-state index contributed by atoms with van der Waals surface area (Å²) in [5.74, 6) is 0.896. The summed E-state index contributed by atoms with van der Waals surface area (Å²) >= 11 is 1.81. The average molecular weight is 328 g/mol. The van der Waals surface area contributed by atoms with Gasteiger partial charge in [-0.05, 0) is 50.2 Å². The van der Waals surface area contributed by atoms with Crippen molar-refractivity contribution in [1.29, 1.82) is 0 Å². The molecule has 1 aliphatic heterocycles. The second-order valence-corrected chi connectivity index (χ2v) is 7.17. The van der Waals surface area contributed by atoms with Crippen LogP contribution in [0.4, 0.5) is 5.69 Å². The number of nitrogens with zero attached hydrogens (tertiary/aromatic N) is 1. The second-order valence-electron chi connectivity index (χ2n) is 6.06. The van der Waals surface area contributed by atoms with Gasteiger partial charge < -0.3 is 15.0 Å². The van der Waals surface area contributed by atoms with Gasteiger partial charge in [0.15, 0.2) is 0 Å². The molecule has 1 fully saturated rings. The third-order valence-electron chi connectivity index (χ3n) is 4.23. The molecule has 0 bridgehead atoms. The molecule has 0 amide bonds. The van der Waals surface area contributed by atoms with Gasteiger partial charge in [-0.1, -0.05) is 23.9 Å². The van der Waals surface area contributed by atoms with Crippen LogP contribution in [-0.4, -0.2) is 32.3 Å². The maximum atomic E-state index is 5.24. The highest BCUT2D eigenvalue weighted by Crippen LogP contribution is 2.37. The van der Waals surface area contributed by atoms with Crippen molar-refractivity contribution in [1.82, 2.24) is 5.32 Å². The fourth-order valence-electron chi connectivity index (χ4n) is 2.91. The average Bonchev–Trinajstić information content (AvgIpc) is 2.58. The quantitative estimate of drug-likeness (QED) is 0.916. The van der Waals surface area contributed by atoms with Crippen molar-refractivity contribution in [3.63, 3.8) is 0 Å². The van der Waals surface area contributed by atoms with Crippen LogP contribution in [0.2, 0.25) is 0 Å². The van der Waals surface area contributed by atoms with Gasteiger partial charge in [0, 0.05) is 35.0 Å². The Bertz CT molecular complexity index is 644. The molecule has 2 aromatic rings. The normalized spacial score (nSPS) is 21.3. The summed E-state index contributed by atoms with van der Waals surface area (Å²) in [5, 5.41) is 3.55. The Kier molecular flexibility index (Phi) is 5.13. The third-order valence-corrected chi connectivity index (χ3v) is 5.30. The van der Waals surface area contributed by atoms with Crippen LogP contribution in [-0.2, 0) is 0 Å². The van der Waals surface area contributed by atoms with E-state index < -0.39 is 0 Å². The van der Waals surface area contributed by atoms with Crippen LogP contribution >= 0.6 is 11.8 Å². The lowest BCUT2D eigenvalue weighted by atomic mass is 10.1. The van der Waals surface area contributed by atoms with Crippen molar-refractivity contribution in [3.05, 3.63) is 48.5 Å². The monoisotopic (exact) mass is 328 g/mol. The number of benzene rings is 2. The molecule has 1 heterocycles. The number of hydrogen-bond acceptors (Lipinski definition) is 4. The van der Waals surface area contributed by atoms with E-state index in [9.17, 15) is 0 Å². The molecule has 4 heteroatoms. The molecule has 0 spiro atoms. The molecule has 1 N–H and O–H groups in total. The van der Waals surface area contributed by atoms with Crippen molar-refractivity contribution in [3.8, 4) is 5.75 Å². The zero-order valence-corrected chi connectivity index (χ0v) is 14.8. The lowest BCUT2D eigenvalue weighted by Gasteiger charge is -2.40. The molecule has 0 saturated carbocycles. The van der Waals surface area contributed by atoms with Crippen molar-refractivity contribution in [2.45, 2.75) is 35.7 Å². The predicted octanol–water partition coefficient (Wildman–Crippen LogP) is 4.03. The van der Waals surface area contributed by atoms with Gasteiger partial charge in [-0.2, -0.15) is 0 Å². The van der Waals surface area contributed by atoms with Crippen molar-refractivity contribution >= 4 is 17.4 Å². The Morgan fingerprint density at radius 1 is 1.09 bits per heavy atom. The van der Waals surface area contributed by atoms with E-state index in [1.807, 2.05) is 23.9 Å². The van der Waals surface area contributed by atoms with Gasteiger partial charge in [0.05, 0.1) is 12.8 Å². The van der Waals surface area contributed by atoms with E-state index in [0.717, 1.165) is 18.8 Å². The maximum absolute atomic E-state index is 5.24. The summed E-state index contributed by atoms with van der Waals surface area (Å²) in [6, 6.07) is 18.0. The van der Waals surface area contributed by atoms with Crippen LogP contribution in [0.5, 0.6) is 5.75 Å². The van der Waals surface area contributed by atoms with Crippen molar-refractivity contribution in [2.75, 3.05) is 25.1 Å². The molecule has 2 aromatic carbocycles. The number of hydrogen-bond donors (Lipinski definition) is 1. The van der Waals surface area contributed by atoms with E-state index >= 15 is 0 Å². The Morgan fingerprint density at radius 3 is 2.57 bits per heavy atom. The van der Waals surface area contributed by atoms with Gasteiger partial charge >= 0.3 is 0 Å². The van der Waals surface area contributed by atoms with Gasteiger partial charge in [-0.15, -0.1) is 0 Å². The largest absolute Gasteiger partial charge is 0.497 e. The first-order chi connectivity index (χ1) is 11.2. The number of piperazine rings is 1. The van der Waals surface area contributed by atoms with Gasteiger partial charge in [0.2, 0.25) is 0 Å². The van der Waals surface area contributed by atoms with Crippen molar-refractivity contribution in [2.24, 2.45) is 0 Å². The minimum atomic E-state index is 0.504. The molecule has 1 aliphatic rings. The molecule has 0 aromatic heterocycles. The van der Waals surface area contributed by atoms with Gasteiger partial charge in [-0.3, -0.25) is 0 Å². The van der Waals surface area contributed by atoms with Crippen LogP contribution in [0, 0.1) is 0 Å². The first-order valence-electron chi connectivity index (χ1n) is 8.08. The number of rotatable bonds is 4. The van der Waals surface area contributed by atoms with E-state index in [1.54, 1.807) is 7.11 Å². The topological polar surface area (TPSA) is 24.5 Å². The summed E-state index contributed by atoms with van der Waals surface area (Å²) < 4.78 is 5.24. The molecule has 0 aliphatic carbocycles. The van der Waals surface area contributed by atoms with Gasteiger partial charge in [-0.25, -0.2) is 0 Å². The maximum Gasteiger partial charge on any atom is 0.118 e. The molecule has 3 rings (SSSR count). The molecule has 23 heavy (non-hydrogen) atoms. The summed E-state index contributed by atoms with van der Waals surface area (Å²) in [7, 11) is 1.70. The van der Waals surface area contributed by atoms with E-state index in [0.29, 0.717) is 12.1 Å². The first kappa shape index (κ1) is 16.2. The summed E-state index contributed by atoms with van der Waals surface area (Å²) in [4.78, 5) is 5.06. The first-order valence-corrected chi connectivity index (χ1v) is 8.90. The van der Waals surface area contributed by atoms with Gasteiger partial charge in [0.1, 0.15) is 5.75 Å². The summed E-state index contributed by atoms with van der Waals surface area (Å²) in [5.41, 5.74) is 1.33. The third kappa shape index (κ3) is 3.82. The highest BCUT2D eigenvalue weighted by Gasteiger charge is 2.24. The molecular formula is C19H24N2OS. The Labute approximate surface area is 143 Å². The Morgan fingerprint density at radius 2 is 1.83 bits per heavy atom. The lowest BCUT2D eigenvalue weighted by Crippen LogP contribution is -2.54. The van der Waals surface area contributed by atoms with E-state index in [1.165, 1.54) is 15.5 Å². The predicted molar refractivity (Wildman–Crippen MR) is 97.8 cm³/mol. The number of nitrogens with one attached hydrogen (secondary N) is 1. The molecule has 0 radical (unpaired) electrons. The minimum absolute atomic E-state index is 0.504. The molecule has 2 atom stereocenters. The fraction of sp³-hybridized carbons (Fsp3) is 0.368. The standard InChI is InChI=1S/C19H24N2OS/c1-14-13-21(15(2)12-20-14)18-6-4-5-7-19(18)23-17-10-8-16(22-3)9-11-17/h4-11,14-15,20H,12-13H2,1-3H3/t14-,15+/m0/s1. The Hall–Kier alpha value is -1.65. The van der Waals surface area contributed by atoms with Crippen LogP contribution in [0.25, 0.3) is 0 Å². The smallest absolute Gasteiger partial charge is 0.118 e. The minimum Gasteiger partial charge on any atom is -0.497 e. The molecule has 3 nitrogen and oxygen atoms in total. The second kappa shape index (κ2) is 7.28. The molecule has 122 valence electrons. The number of ether oxygens (including phenoxy) is 1. The van der Waals surface area contributed by atoms with Crippen LogP contribution in [0.1, 0.15) is 13.8 Å². The summed E-state index contributed by atoms with van der Waals surface area (Å²) in [6.45, 7) is 6.61. The SMILES string of the molecule is COc1ccc(Sc2ccccc2N2C[C@H](C)NC[C@H]2C)cc1. The highest BCUT2D eigenvalue weighted by molar-refractivity contribution is 7.99. The lowest BCUT2D eigenvalue weighted by molar-refractivity contribution is 0.414. The molecule has 0 unspecified atom stereocenters. The summed E-state index contributed by atoms with van der Waals surface area (Å²) in [6.07, 6.45) is 0. The zero-order chi connectivity index (χ0) is 16.2. The van der Waals surface area contributed by atoms with E-state index in [2.05, 4.69) is 60.5 Å².